The first-order valence-corrected chi connectivity index (χ1v) is 12.8. The number of aliphatic imine (C=N–C) groups is 1. The minimum absolute atomic E-state index is 0.0256. The number of carbonyl (C=O) groups excluding carboxylic acids is 2. The summed E-state index contributed by atoms with van der Waals surface area (Å²) in [7, 11) is 4.47. The first-order chi connectivity index (χ1) is 18.8. The minimum atomic E-state index is -0.664. The van der Waals surface area contributed by atoms with E-state index in [-0.39, 0.29) is 17.3 Å². The van der Waals surface area contributed by atoms with Crippen molar-refractivity contribution >= 4 is 56.9 Å². The third-order valence-electron chi connectivity index (χ3n) is 5.92. The number of para-hydroxylation sites is 1. The molecule has 1 aromatic heterocycles. The lowest BCUT2D eigenvalue weighted by Gasteiger charge is -2.13. The molecule has 198 valence electrons. The summed E-state index contributed by atoms with van der Waals surface area (Å²) in [6.07, 6.45) is 1.49. The molecule has 8 nitrogen and oxygen atoms in total. The van der Waals surface area contributed by atoms with Gasteiger partial charge in [-0.3, -0.25) is 0 Å². The maximum Gasteiger partial charge on any atom is 0.363 e. The van der Waals surface area contributed by atoms with Crippen molar-refractivity contribution in [3.8, 4) is 23.0 Å². The second-order valence-electron chi connectivity index (χ2n) is 8.42. The van der Waals surface area contributed by atoms with Gasteiger partial charge in [0.15, 0.2) is 17.2 Å². The van der Waals surface area contributed by atoms with Crippen molar-refractivity contribution in [2.24, 2.45) is 4.99 Å². The van der Waals surface area contributed by atoms with E-state index in [1.807, 2.05) is 25.1 Å². The van der Waals surface area contributed by atoms with Crippen molar-refractivity contribution in [1.29, 1.82) is 0 Å². The molecule has 3 aromatic carbocycles. The van der Waals surface area contributed by atoms with Gasteiger partial charge in [-0.15, -0.1) is 11.3 Å². The SMILES string of the molecule is COc1cc(C2=N/C(=C/c3ccccc3OC(=O)c3sc4cc(C)ccc4c3Cl)C(=O)O2)cc(OC)c1OC. The fraction of sp³-hybridized carbons (Fsp3) is 0.138. The number of aryl methyl sites for hydroxylation is 1. The van der Waals surface area contributed by atoms with E-state index in [1.165, 1.54) is 38.7 Å². The third-order valence-corrected chi connectivity index (χ3v) is 7.55. The lowest BCUT2D eigenvalue weighted by atomic mass is 10.1. The molecule has 0 amide bonds. The molecule has 1 aliphatic rings. The number of fused-ring (bicyclic) bond motifs is 1. The average molecular weight is 564 g/mol. The van der Waals surface area contributed by atoms with Crippen LogP contribution in [0.25, 0.3) is 16.2 Å². The summed E-state index contributed by atoms with van der Waals surface area (Å²) in [6, 6.07) is 15.8. The number of ether oxygens (including phenoxy) is 5. The molecular formula is C29H22ClNO7S. The standard InChI is InChI=1S/C29H22ClNO7S/c1-15-9-10-18-23(11-15)39-26(24(18)30)29(33)37-20-8-6-5-7-16(20)12-19-28(32)38-27(31-19)17-13-21(34-2)25(36-4)22(14-17)35-3/h5-14H,1-4H3/b19-12+. The molecule has 5 rings (SSSR count). The molecule has 10 heteroatoms. The Morgan fingerprint density at radius 3 is 2.38 bits per heavy atom. The number of methoxy groups -OCH3 is 3. The zero-order chi connectivity index (χ0) is 27.7. The van der Waals surface area contributed by atoms with Crippen molar-refractivity contribution < 1.29 is 33.3 Å². The molecule has 0 spiro atoms. The van der Waals surface area contributed by atoms with Crippen molar-refractivity contribution in [3.05, 3.63) is 86.9 Å². The summed E-state index contributed by atoms with van der Waals surface area (Å²) in [4.78, 5) is 30.4. The van der Waals surface area contributed by atoms with Gasteiger partial charge in [0, 0.05) is 21.2 Å². The fourth-order valence-corrected chi connectivity index (χ4v) is 5.51. The van der Waals surface area contributed by atoms with Crippen LogP contribution in [0.2, 0.25) is 5.02 Å². The first kappa shape index (κ1) is 26.3. The highest BCUT2D eigenvalue weighted by molar-refractivity contribution is 7.21. The summed E-state index contributed by atoms with van der Waals surface area (Å²) in [5.74, 6) is 0.208. The number of benzene rings is 3. The Hall–Kier alpha value is -4.34. The second kappa shape index (κ2) is 10.8. The fourth-order valence-electron chi connectivity index (χ4n) is 4.03. The lowest BCUT2D eigenvalue weighted by molar-refractivity contribution is -0.129. The smallest absolute Gasteiger partial charge is 0.363 e. The molecular weight excluding hydrogens is 542 g/mol. The number of cyclic esters (lactones) is 1. The molecule has 39 heavy (non-hydrogen) atoms. The molecule has 0 bridgehead atoms. The summed E-state index contributed by atoms with van der Waals surface area (Å²) in [5.41, 5.74) is 2.00. The largest absolute Gasteiger partial charge is 0.493 e. The third kappa shape index (κ3) is 5.06. The van der Waals surface area contributed by atoms with Crippen LogP contribution >= 0.6 is 22.9 Å². The van der Waals surface area contributed by atoms with Crippen molar-refractivity contribution in [1.82, 2.24) is 0 Å². The molecule has 0 aliphatic carbocycles. The topological polar surface area (TPSA) is 92.7 Å². The van der Waals surface area contributed by atoms with Crippen LogP contribution in [0.1, 0.15) is 26.4 Å². The van der Waals surface area contributed by atoms with Gasteiger partial charge in [-0.2, -0.15) is 0 Å². The summed E-state index contributed by atoms with van der Waals surface area (Å²) in [5, 5.41) is 1.13. The molecule has 1 aliphatic heterocycles. The predicted octanol–water partition coefficient (Wildman–Crippen LogP) is 6.45. The van der Waals surface area contributed by atoms with Crippen molar-refractivity contribution in [2.45, 2.75) is 6.92 Å². The molecule has 0 unspecified atom stereocenters. The van der Waals surface area contributed by atoms with Crippen LogP contribution in [0.3, 0.4) is 0 Å². The second-order valence-corrected chi connectivity index (χ2v) is 9.85. The first-order valence-electron chi connectivity index (χ1n) is 11.7. The predicted molar refractivity (Wildman–Crippen MR) is 150 cm³/mol. The highest BCUT2D eigenvalue weighted by Gasteiger charge is 2.27. The summed E-state index contributed by atoms with van der Waals surface area (Å²) >= 11 is 7.76. The molecule has 0 fully saturated rings. The maximum atomic E-state index is 13.1. The minimum Gasteiger partial charge on any atom is -0.493 e. The number of nitrogens with zero attached hydrogens (tertiary/aromatic N) is 1. The Labute approximate surface area is 233 Å². The molecule has 0 saturated carbocycles. The van der Waals surface area contributed by atoms with Crippen LogP contribution in [-0.2, 0) is 9.53 Å². The number of hydrogen-bond acceptors (Lipinski definition) is 9. The Bertz CT molecular complexity index is 1660. The Kier molecular flexibility index (Phi) is 7.28. The lowest BCUT2D eigenvalue weighted by Crippen LogP contribution is -2.08. The van der Waals surface area contributed by atoms with Gasteiger partial charge in [0.1, 0.15) is 10.6 Å². The van der Waals surface area contributed by atoms with Gasteiger partial charge in [-0.25, -0.2) is 14.6 Å². The van der Waals surface area contributed by atoms with Gasteiger partial charge >= 0.3 is 11.9 Å². The van der Waals surface area contributed by atoms with Crippen LogP contribution < -0.4 is 18.9 Å². The quantitative estimate of drug-likeness (QED) is 0.145. The molecule has 4 aromatic rings. The van der Waals surface area contributed by atoms with Gasteiger partial charge < -0.3 is 23.7 Å². The van der Waals surface area contributed by atoms with E-state index in [2.05, 4.69) is 4.99 Å². The van der Waals surface area contributed by atoms with Gasteiger partial charge in [-0.1, -0.05) is 41.9 Å². The number of halogens is 1. The number of thiophene rings is 1. The number of esters is 2. The van der Waals surface area contributed by atoms with Gasteiger partial charge in [0.2, 0.25) is 11.6 Å². The van der Waals surface area contributed by atoms with E-state index < -0.39 is 11.9 Å². The summed E-state index contributed by atoms with van der Waals surface area (Å²) < 4.78 is 28.1. The van der Waals surface area contributed by atoms with Crippen molar-refractivity contribution in [2.75, 3.05) is 21.3 Å². The normalized spacial score (nSPS) is 13.8. The number of hydrogen-bond donors (Lipinski definition) is 0. The summed E-state index contributed by atoms with van der Waals surface area (Å²) in [6.45, 7) is 1.97. The zero-order valence-corrected chi connectivity index (χ0v) is 22.9. The highest BCUT2D eigenvalue weighted by Crippen LogP contribution is 2.39. The zero-order valence-electron chi connectivity index (χ0n) is 21.4. The Morgan fingerprint density at radius 1 is 0.974 bits per heavy atom. The van der Waals surface area contributed by atoms with Crippen molar-refractivity contribution in [3.63, 3.8) is 0 Å². The molecule has 0 atom stereocenters. The van der Waals surface area contributed by atoms with Crippen LogP contribution in [0.5, 0.6) is 23.0 Å². The number of carbonyl (C=O) groups is 2. The maximum absolute atomic E-state index is 13.1. The molecule has 0 saturated heterocycles. The van der Waals surface area contributed by atoms with E-state index in [9.17, 15) is 9.59 Å². The Morgan fingerprint density at radius 2 is 1.69 bits per heavy atom. The van der Waals surface area contributed by atoms with Crippen LogP contribution in [0.15, 0.2) is 65.3 Å². The van der Waals surface area contributed by atoms with E-state index in [1.54, 1.807) is 36.4 Å². The molecule has 0 radical (unpaired) electrons. The monoisotopic (exact) mass is 563 g/mol. The van der Waals surface area contributed by atoms with E-state index in [0.717, 1.165) is 15.6 Å². The van der Waals surface area contributed by atoms with Gasteiger partial charge in [0.05, 0.1) is 26.4 Å². The Balaban J connectivity index is 1.46. The van der Waals surface area contributed by atoms with Crippen LogP contribution in [0.4, 0.5) is 0 Å². The highest BCUT2D eigenvalue weighted by atomic mass is 35.5. The van der Waals surface area contributed by atoms with E-state index >= 15 is 0 Å². The molecule has 0 N–H and O–H groups in total. The number of rotatable bonds is 7. The van der Waals surface area contributed by atoms with Crippen LogP contribution in [-0.4, -0.2) is 39.2 Å². The van der Waals surface area contributed by atoms with E-state index in [4.69, 9.17) is 35.3 Å². The van der Waals surface area contributed by atoms with Gasteiger partial charge in [-0.05, 0) is 42.8 Å². The van der Waals surface area contributed by atoms with Crippen LogP contribution in [0, 0.1) is 6.92 Å². The van der Waals surface area contributed by atoms with Gasteiger partial charge in [0.25, 0.3) is 0 Å². The molecule has 2 heterocycles. The average Bonchev–Trinajstić information content (AvgIpc) is 3.47. The van der Waals surface area contributed by atoms with E-state index in [0.29, 0.717) is 38.3 Å².